The van der Waals surface area contributed by atoms with Crippen LogP contribution < -0.4 is 0 Å². The van der Waals surface area contributed by atoms with E-state index in [9.17, 15) is 9.90 Å². The molecule has 2 fully saturated rings. The third kappa shape index (κ3) is 2.15. The van der Waals surface area contributed by atoms with Crippen LogP contribution in [-0.2, 0) is 4.79 Å². The van der Waals surface area contributed by atoms with Crippen LogP contribution in [0.3, 0.4) is 0 Å². The molecule has 3 rings (SSSR count). The highest BCUT2D eigenvalue weighted by molar-refractivity contribution is 6.30. The predicted octanol–water partition coefficient (Wildman–Crippen LogP) is 2.99. The molecule has 2 heterocycles. The van der Waals surface area contributed by atoms with Crippen molar-refractivity contribution in [1.29, 1.82) is 0 Å². The monoisotopic (exact) mass is 279 g/mol. The van der Waals surface area contributed by atoms with Gasteiger partial charge in [-0.25, -0.2) is 0 Å². The molecule has 0 radical (unpaired) electrons. The van der Waals surface area contributed by atoms with Gasteiger partial charge >= 0.3 is 5.97 Å². The van der Waals surface area contributed by atoms with Crippen LogP contribution in [0.2, 0.25) is 5.02 Å². The van der Waals surface area contributed by atoms with E-state index < -0.39 is 5.97 Å². The summed E-state index contributed by atoms with van der Waals surface area (Å²) < 4.78 is 0. The summed E-state index contributed by atoms with van der Waals surface area (Å²) in [5, 5.41) is 10.3. The van der Waals surface area contributed by atoms with E-state index in [-0.39, 0.29) is 17.9 Å². The summed E-state index contributed by atoms with van der Waals surface area (Å²) in [6.07, 6.45) is 3.03. The Labute approximate surface area is 118 Å². The summed E-state index contributed by atoms with van der Waals surface area (Å²) in [6.45, 7) is 0. The van der Waals surface area contributed by atoms with Gasteiger partial charge in [-0.15, -0.1) is 0 Å². The lowest BCUT2D eigenvalue weighted by Gasteiger charge is -2.41. The molecule has 19 heavy (non-hydrogen) atoms. The van der Waals surface area contributed by atoms with Gasteiger partial charge in [-0.1, -0.05) is 23.7 Å². The zero-order valence-corrected chi connectivity index (χ0v) is 11.7. The van der Waals surface area contributed by atoms with Crippen molar-refractivity contribution in [2.24, 2.45) is 5.92 Å². The van der Waals surface area contributed by atoms with Gasteiger partial charge in [0.15, 0.2) is 0 Å². The Balaban J connectivity index is 1.98. The normalized spacial score (nSPS) is 34.4. The van der Waals surface area contributed by atoms with Gasteiger partial charge in [0, 0.05) is 23.0 Å². The molecule has 4 heteroatoms. The summed E-state index contributed by atoms with van der Waals surface area (Å²) in [5.41, 5.74) is 1.07. The molecule has 0 amide bonds. The van der Waals surface area contributed by atoms with E-state index in [1.807, 2.05) is 24.3 Å². The van der Waals surface area contributed by atoms with Crippen LogP contribution in [-0.4, -0.2) is 35.1 Å². The fourth-order valence-corrected chi connectivity index (χ4v) is 4.08. The first-order valence-corrected chi connectivity index (χ1v) is 7.16. The van der Waals surface area contributed by atoms with Crippen molar-refractivity contribution < 1.29 is 9.90 Å². The van der Waals surface area contributed by atoms with Gasteiger partial charge < -0.3 is 5.11 Å². The fourth-order valence-electron chi connectivity index (χ4n) is 3.88. The molecule has 0 spiro atoms. The Kier molecular flexibility index (Phi) is 3.27. The number of piperidine rings is 1. The first-order valence-electron chi connectivity index (χ1n) is 6.78. The number of carboxylic acids is 1. The van der Waals surface area contributed by atoms with Gasteiger partial charge in [-0.05, 0) is 44.0 Å². The number of halogens is 1. The number of carbonyl (C=O) groups is 1. The number of nitrogens with zero attached hydrogens (tertiary/aromatic N) is 1. The molecule has 4 atom stereocenters. The lowest BCUT2D eigenvalue weighted by Crippen LogP contribution is -2.48. The van der Waals surface area contributed by atoms with Crippen LogP contribution >= 0.6 is 11.6 Å². The zero-order valence-electron chi connectivity index (χ0n) is 10.9. The number of carboxylic acid groups (broad SMARTS) is 1. The predicted molar refractivity (Wildman–Crippen MR) is 74.5 cm³/mol. The van der Waals surface area contributed by atoms with Gasteiger partial charge in [0.25, 0.3) is 0 Å². The van der Waals surface area contributed by atoms with Crippen LogP contribution in [0.25, 0.3) is 0 Å². The molecule has 2 aliphatic heterocycles. The second-order valence-corrected chi connectivity index (χ2v) is 6.16. The molecule has 0 aromatic heterocycles. The number of hydrogen-bond donors (Lipinski definition) is 1. The molecular weight excluding hydrogens is 262 g/mol. The number of rotatable bonds is 2. The molecule has 2 saturated heterocycles. The largest absolute Gasteiger partial charge is 0.481 e. The highest BCUT2D eigenvalue weighted by Crippen LogP contribution is 2.46. The van der Waals surface area contributed by atoms with E-state index in [0.717, 1.165) is 24.8 Å². The summed E-state index contributed by atoms with van der Waals surface area (Å²) in [5.74, 6) is -0.908. The molecule has 102 valence electrons. The lowest BCUT2D eigenvalue weighted by atomic mass is 9.76. The van der Waals surface area contributed by atoms with Gasteiger partial charge in [0.1, 0.15) is 0 Å². The number of aliphatic carboxylic acids is 1. The molecule has 3 nitrogen and oxygen atoms in total. The van der Waals surface area contributed by atoms with Crippen LogP contribution in [0.15, 0.2) is 24.3 Å². The average molecular weight is 280 g/mol. The van der Waals surface area contributed by atoms with Crippen molar-refractivity contribution in [1.82, 2.24) is 4.90 Å². The topological polar surface area (TPSA) is 40.5 Å². The third-order valence-corrected chi connectivity index (χ3v) is 5.07. The standard InChI is InChI=1S/C15H18ClNO2/c1-17-11-5-6-13(17)14(15(18)19)12(8-11)9-3-2-4-10(16)7-9/h2-4,7,11-14H,5-6,8H2,1H3,(H,18,19)/t11?,12-,13?,14-/m1/s1. The second-order valence-electron chi connectivity index (χ2n) is 5.73. The first-order chi connectivity index (χ1) is 9.08. The minimum atomic E-state index is -0.679. The van der Waals surface area contributed by atoms with E-state index in [2.05, 4.69) is 11.9 Å². The molecule has 0 saturated carbocycles. The number of benzene rings is 1. The average Bonchev–Trinajstić information content (AvgIpc) is 2.62. The molecule has 2 unspecified atom stereocenters. The van der Waals surface area contributed by atoms with Crippen molar-refractivity contribution in [3.8, 4) is 0 Å². The van der Waals surface area contributed by atoms with Gasteiger partial charge in [0.2, 0.25) is 0 Å². The van der Waals surface area contributed by atoms with Crippen molar-refractivity contribution in [2.75, 3.05) is 7.05 Å². The zero-order chi connectivity index (χ0) is 13.6. The Morgan fingerprint density at radius 3 is 2.89 bits per heavy atom. The number of hydrogen-bond acceptors (Lipinski definition) is 2. The van der Waals surface area contributed by atoms with E-state index >= 15 is 0 Å². The van der Waals surface area contributed by atoms with Crippen molar-refractivity contribution in [2.45, 2.75) is 37.3 Å². The summed E-state index contributed by atoms with van der Waals surface area (Å²) >= 11 is 6.05. The molecule has 1 aromatic rings. The van der Waals surface area contributed by atoms with Gasteiger partial charge in [0.05, 0.1) is 5.92 Å². The van der Waals surface area contributed by atoms with E-state index in [1.54, 1.807) is 0 Å². The maximum Gasteiger partial charge on any atom is 0.308 e. The first kappa shape index (κ1) is 12.9. The van der Waals surface area contributed by atoms with Crippen LogP contribution in [0.1, 0.15) is 30.7 Å². The minimum Gasteiger partial charge on any atom is -0.481 e. The highest BCUT2D eigenvalue weighted by atomic mass is 35.5. The quantitative estimate of drug-likeness (QED) is 0.905. The minimum absolute atomic E-state index is 0.0879. The maximum atomic E-state index is 11.7. The second kappa shape index (κ2) is 4.80. The maximum absolute atomic E-state index is 11.7. The highest BCUT2D eigenvalue weighted by Gasteiger charge is 2.49. The molecule has 2 aliphatic rings. The molecule has 1 N–H and O–H groups in total. The Bertz CT molecular complexity index is 505. The third-order valence-electron chi connectivity index (χ3n) is 4.83. The van der Waals surface area contributed by atoms with E-state index in [1.165, 1.54) is 0 Å². The Morgan fingerprint density at radius 1 is 1.42 bits per heavy atom. The lowest BCUT2D eigenvalue weighted by molar-refractivity contribution is -0.146. The Morgan fingerprint density at radius 2 is 2.21 bits per heavy atom. The molecule has 2 bridgehead atoms. The number of fused-ring (bicyclic) bond motifs is 2. The van der Waals surface area contributed by atoms with Crippen molar-refractivity contribution in [3.63, 3.8) is 0 Å². The van der Waals surface area contributed by atoms with Crippen molar-refractivity contribution in [3.05, 3.63) is 34.9 Å². The van der Waals surface area contributed by atoms with E-state index in [4.69, 9.17) is 11.6 Å². The smallest absolute Gasteiger partial charge is 0.308 e. The fraction of sp³-hybridized carbons (Fsp3) is 0.533. The van der Waals surface area contributed by atoms with Gasteiger partial charge in [-0.2, -0.15) is 0 Å². The van der Waals surface area contributed by atoms with E-state index in [0.29, 0.717) is 11.1 Å². The van der Waals surface area contributed by atoms with Crippen LogP contribution in [0, 0.1) is 5.92 Å². The molecule has 0 aliphatic carbocycles. The Hall–Kier alpha value is -1.06. The summed E-state index contributed by atoms with van der Waals surface area (Å²) in [7, 11) is 2.06. The molecule has 1 aromatic carbocycles. The SMILES string of the molecule is CN1C2CCC1[C@H](C(=O)O)[C@@H](c1cccc(Cl)c1)C2. The summed E-state index contributed by atoms with van der Waals surface area (Å²) in [4.78, 5) is 14.0. The van der Waals surface area contributed by atoms with Crippen LogP contribution in [0.4, 0.5) is 0 Å². The van der Waals surface area contributed by atoms with Crippen LogP contribution in [0.5, 0.6) is 0 Å². The van der Waals surface area contributed by atoms with Gasteiger partial charge in [-0.3, -0.25) is 9.69 Å². The van der Waals surface area contributed by atoms with Crippen molar-refractivity contribution >= 4 is 17.6 Å². The molecular formula is C15H18ClNO2. The summed E-state index contributed by atoms with van der Waals surface area (Å²) in [6, 6.07) is 8.37.